The fourth-order valence-electron chi connectivity index (χ4n) is 1.30. The number of nitrogens with zero attached hydrogens (tertiary/aromatic N) is 1. The van der Waals surface area contributed by atoms with Crippen molar-refractivity contribution in [2.45, 2.75) is 19.8 Å². The van der Waals surface area contributed by atoms with Crippen LogP contribution in [0, 0.1) is 0 Å². The highest BCUT2D eigenvalue weighted by Crippen LogP contribution is 2.14. The summed E-state index contributed by atoms with van der Waals surface area (Å²) in [5, 5.41) is 8.65. The average molecular weight is 155 g/mol. The average Bonchev–Trinajstić information content (AvgIpc) is 2.05. The molecule has 1 N–H and O–H groups in total. The standard InChI is InChI=1S/C8H13NO2/c1-2-7-4-3-5-9(6-7)8(10)11/h2H,3-6H2,1H3,(H,10,11). The Balaban J connectivity index is 2.53. The van der Waals surface area contributed by atoms with E-state index in [1.165, 1.54) is 10.5 Å². The van der Waals surface area contributed by atoms with Gasteiger partial charge in [0.25, 0.3) is 0 Å². The third-order valence-electron chi connectivity index (χ3n) is 2.00. The molecule has 0 radical (unpaired) electrons. The monoisotopic (exact) mass is 155 g/mol. The molecule has 0 atom stereocenters. The Bertz CT molecular complexity index is 187. The minimum Gasteiger partial charge on any atom is -0.465 e. The van der Waals surface area contributed by atoms with Crippen molar-refractivity contribution >= 4 is 6.09 Å². The van der Waals surface area contributed by atoms with E-state index in [0.717, 1.165) is 12.8 Å². The van der Waals surface area contributed by atoms with Gasteiger partial charge in [-0.25, -0.2) is 4.79 Å². The Morgan fingerprint density at radius 3 is 3.00 bits per heavy atom. The van der Waals surface area contributed by atoms with E-state index >= 15 is 0 Å². The lowest BCUT2D eigenvalue weighted by Crippen LogP contribution is -2.35. The topological polar surface area (TPSA) is 40.5 Å². The van der Waals surface area contributed by atoms with E-state index in [0.29, 0.717) is 13.1 Å². The van der Waals surface area contributed by atoms with Crippen molar-refractivity contribution in [1.29, 1.82) is 0 Å². The molecular weight excluding hydrogens is 142 g/mol. The van der Waals surface area contributed by atoms with Crippen LogP contribution in [0.25, 0.3) is 0 Å². The number of amides is 1. The van der Waals surface area contributed by atoms with Gasteiger partial charge in [-0.3, -0.25) is 0 Å². The second-order valence-electron chi connectivity index (χ2n) is 2.75. The van der Waals surface area contributed by atoms with Gasteiger partial charge in [-0.15, -0.1) is 0 Å². The SMILES string of the molecule is CC=C1CCCN(C(=O)O)C1. The summed E-state index contributed by atoms with van der Waals surface area (Å²) in [5.41, 5.74) is 1.23. The highest BCUT2D eigenvalue weighted by Gasteiger charge is 2.17. The zero-order chi connectivity index (χ0) is 8.27. The van der Waals surface area contributed by atoms with Gasteiger partial charge in [-0.2, -0.15) is 0 Å². The van der Waals surface area contributed by atoms with Crippen LogP contribution in [0.2, 0.25) is 0 Å². The predicted molar refractivity (Wildman–Crippen MR) is 42.6 cm³/mol. The second kappa shape index (κ2) is 3.42. The van der Waals surface area contributed by atoms with Gasteiger partial charge in [0.2, 0.25) is 0 Å². The summed E-state index contributed by atoms with van der Waals surface area (Å²) < 4.78 is 0. The number of hydrogen-bond acceptors (Lipinski definition) is 1. The smallest absolute Gasteiger partial charge is 0.407 e. The van der Waals surface area contributed by atoms with E-state index in [9.17, 15) is 4.79 Å². The summed E-state index contributed by atoms with van der Waals surface area (Å²) in [4.78, 5) is 12.0. The molecular formula is C8H13NO2. The zero-order valence-electron chi connectivity index (χ0n) is 6.71. The van der Waals surface area contributed by atoms with E-state index in [4.69, 9.17) is 5.11 Å². The number of carbonyl (C=O) groups is 1. The van der Waals surface area contributed by atoms with Crippen LogP contribution in [0.15, 0.2) is 11.6 Å². The first-order chi connectivity index (χ1) is 5.24. The summed E-state index contributed by atoms with van der Waals surface area (Å²) in [6, 6.07) is 0. The van der Waals surface area contributed by atoms with Crippen molar-refractivity contribution in [3.8, 4) is 0 Å². The van der Waals surface area contributed by atoms with Crippen LogP contribution in [0.1, 0.15) is 19.8 Å². The third-order valence-corrected chi connectivity index (χ3v) is 2.00. The summed E-state index contributed by atoms with van der Waals surface area (Å²) in [6.45, 7) is 3.25. The lowest BCUT2D eigenvalue weighted by molar-refractivity contribution is 0.144. The normalized spacial score (nSPS) is 22.3. The van der Waals surface area contributed by atoms with Gasteiger partial charge in [0.05, 0.1) is 0 Å². The summed E-state index contributed by atoms with van der Waals surface area (Å²) >= 11 is 0. The molecule has 1 saturated heterocycles. The molecule has 1 rings (SSSR count). The molecule has 0 aromatic carbocycles. The Morgan fingerprint density at radius 2 is 2.45 bits per heavy atom. The largest absolute Gasteiger partial charge is 0.465 e. The summed E-state index contributed by atoms with van der Waals surface area (Å²) in [5.74, 6) is 0. The molecule has 0 aromatic rings. The molecule has 3 heteroatoms. The van der Waals surface area contributed by atoms with Crippen LogP contribution >= 0.6 is 0 Å². The van der Waals surface area contributed by atoms with Crippen LogP contribution < -0.4 is 0 Å². The Hall–Kier alpha value is -0.990. The molecule has 1 heterocycles. The van der Waals surface area contributed by atoms with Gasteiger partial charge >= 0.3 is 6.09 Å². The van der Waals surface area contributed by atoms with Gasteiger partial charge in [-0.05, 0) is 19.8 Å². The molecule has 11 heavy (non-hydrogen) atoms. The summed E-state index contributed by atoms with van der Waals surface area (Å²) in [7, 11) is 0. The van der Waals surface area contributed by atoms with E-state index in [-0.39, 0.29) is 0 Å². The fraction of sp³-hybridized carbons (Fsp3) is 0.625. The molecule has 0 saturated carbocycles. The summed E-state index contributed by atoms with van der Waals surface area (Å²) in [6.07, 6.45) is 3.23. The third kappa shape index (κ3) is 1.97. The van der Waals surface area contributed by atoms with E-state index in [1.54, 1.807) is 0 Å². The molecule has 62 valence electrons. The predicted octanol–water partition coefficient (Wildman–Crippen LogP) is 1.71. The molecule has 0 aliphatic carbocycles. The second-order valence-corrected chi connectivity index (χ2v) is 2.75. The first kappa shape index (κ1) is 8.11. The Labute approximate surface area is 66.3 Å². The van der Waals surface area contributed by atoms with Crippen molar-refractivity contribution < 1.29 is 9.90 Å². The lowest BCUT2D eigenvalue weighted by Gasteiger charge is -2.25. The van der Waals surface area contributed by atoms with Crippen molar-refractivity contribution in [1.82, 2.24) is 4.90 Å². The van der Waals surface area contributed by atoms with Gasteiger partial charge in [0.15, 0.2) is 0 Å². The first-order valence-electron chi connectivity index (χ1n) is 3.86. The number of hydrogen-bond donors (Lipinski definition) is 1. The Kier molecular flexibility index (Phi) is 2.52. The van der Waals surface area contributed by atoms with Gasteiger partial charge < -0.3 is 10.0 Å². The number of likely N-dealkylation sites (tertiary alicyclic amines) is 1. The molecule has 1 aliphatic rings. The van der Waals surface area contributed by atoms with Crippen LogP contribution in [0.5, 0.6) is 0 Å². The van der Waals surface area contributed by atoms with E-state index < -0.39 is 6.09 Å². The number of rotatable bonds is 0. The highest BCUT2D eigenvalue weighted by atomic mass is 16.4. The highest BCUT2D eigenvalue weighted by molar-refractivity contribution is 5.65. The molecule has 3 nitrogen and oxygen atoms in total. The first-order valence-corrected chi connectivity index (χ1v) is 3.86. The van der Waals surface area contributed by atoms with Crippen LogP contribution in [-0.2, 0) is 0 Å². The number of allylic oxidation sites excluding steroid dienone is 1. The van der Waals surface area contributed by atoms with Gasteiger partial charge in [0.1, 0.15) is 0 Å². The minimum atomic E-state index is -0.802. The molecule has 0 bridgehead atoms. The molecule has 1 aliphatic heterocycles. The van der Waals surface area contributed by atoms with Crippen molar-refractivity contribution in [2.24, 2.45) is 0 Å². The van der Waals surface area contributed by atoms with E-state index in [1.807, 2.05) is 13.0 Å². The van der Waals surface area contributed by atoms with E-state index in [2.05, 4.69) is 0 Å². The fourth-order valence-corrected chi connectivity index (χ4v) is 1.30. The van der Waals surface area contributed by atoms with Crippen molar-refractivity contribution in [2.75, 3.05) is 13.1 Å². The molecule has 1 amide bonds. The van der Waals surface area contributed by atoms with Crippen LogP contribution in [0.3, 0.4) is 0 Å². The van der Waals surface area contributed by atoms with Crippen molar-refractivity contribution in [3.63, 3.8) is 0 Å². The molecule has 0 spiro atoms. The number of carboxylic acid groups (broad SMARTS) is 1. The van der Waals surface area contributed by atoms with Crippen LogP contribution in [-0.4, -0.2) is 29.2 Å². The lowest BCUT2D eigenvalue weighted by atomic mass is 10.1. The van der Waals surface area contributed by atoms with Crippen molar-refractivity contribution in [3.05, 3.63) is 11.6 Å². The maximum absolute atomic E-state index is 10.5. The molecule has 1 fully saturated rings. The molecule has 0 unspecified atom stereocenters. The zero-order valence-corrected chi connectivity index (χ0v) is 6.71. The Morgan fingerprint density at radius 1 is 1.73 bits per heavy atom. The van der Waals surface area contributed by atoms with Gasteiger partial charge in [0, 0.05) is 13.1 Å². The maximum atomic E-state index is 10.5. The number of piperidine rings is 1. The van der Waals surface area contributed by atoms with Crippen LogP contribution in [0.4, 0.5) is 4.79 Å². The quantitative estimate of drug-likeness (QED) is 0.541. The maximum Gasteiger partial charge on any atom is 0.407 e. The minimum absolute atomic E-state index is 0.603. The molecule has 0 aromatic heterocycles. The van der Waals surface area contributed by atoms with Gasteiger partial charge in [-0.1, -0.05) is 11.6 Å².